The third-order valence-corrected chi connectivity index (χ3v) is 8.82. The summed E-state index contributed by atoms with van der Waals surface area (Å²) in [7, 11) is 0. The molecule has 0 aliphatic carbocycles. The minimum Gasteiger partial charge on any atom is -0.396 e. The van der Waals surface area contributed by atoms with E-state index in [1.165, 1.54) is 18.8 Å². The van der Waals surface area contributed by atoms with Gasteiger partial charge in [0.05, 0.1) is 24.2 Å². The first kappa shape index (κ1) is 19.7. The molecule has 4 nitrogen and oxygen atoms in total. The number of hydrogen-bond acceptors (Lipinski definition) is 8. The van der Waals surface area contributed by atoms with E-state index in [1.807, 2.05) is 24.3 Å². The van der Waals surface area contributed by atoms with Crippen molar-refractivity contribution in [2.75, 3.05) is 18.6 Å². The Labute approximate surface area is 161 Å². The number of allylic oxidation sites excluding steroid dienone is 4. The second-order valence-corrected chi connectivity index (χ2v) is 10.1. The van der Waals surface area contributed by atoms with Crippen molar-refractivity contribution in [1.29, 1.82) is 0 Å². The molecule has 128 valence electrons. The molecule has 2 heterocycles. The summed E-state index contributed by atoms with van der Waals surface area (Å²) in [5.74, 6) is 0.714. The van der Waals surface area contributed by atoms with E-state index in [0.717, 1.165) is 16.2 Å². The summed E-state index contributed by atoms with van der Waals surface area (Å²) in [5.41, 5.74) is 0. The third kappa shape index (κ3) is 6.05. The lowest BCUT2D eigenvalue weighted by Crippen LogP contribution is -1.84. The Morgan fingerprint density at radius 2 is 2.04 bits per heavy atom. The lowest BCUT2D eigenvalue weighted by molar-refractivity contribution is -0.380. The number of thioether (sulfide) groups is 4. The van der Waals surface area contributed by atoms with Crippen LogP contribution in [0.3, 0.4) is 0 Å². The van der Waals surface area contributed by atoms with Crippen molar-refractivity contribution in [2.45, 2.75) is 0 Å². The largest absolute Gasteiger partial charge is 0.396 e. The summed E-state index contributed by atoms with van der Waals surface area (Å²) in [6.45, 7) is 0.186. The molecular formula is C15H15NO3S5. The van der Waals surface area contributed by atoms with Gasteiger partial charge in [-0.1, -0.05) is 53.1 Å². The Hall–Kier alpha value is -0.580. The van der Waals surface area contributed by atoms with Crippen LogP contribution >= 0.6 is 58.4 Å². The molecule has 1 aliphatic heterocycles. The van der Waals surface area contributed by atoms with Gasteiger partial charge in [-0.2, -0.15) is 0 Å². The van der Waals surface area contributed by atoms with Crippen molar-refractivity contribution >= 4 is 69.5 Å². The van der Waals surface area contributed by atoms with Crippen LogP contribution in [0.15, 0.2) is 49.1 Å². The van der Waals surface area contributed by atoms with Crippen LogP contribution in [0, 0.1) is 10.1 Å². The van der Waals surface area contributed by atoms with Gasteiger partial charge >= 0.3 is 5.00 Å². The molecule has 0 fully saturated rings. The quantitative estimate of drug-likeness (QED) is 0.327. The maximum atomic E-state index is 10.6. The number of aliphatic hydroxyl groups is 1. The summed E-state index contributed by atoms with van der Waals surface area (Å²) < 4.78 is 3.73. The highest BCUT2D eigenvalue weighted by Gasteiger charge is 2.20. The van der Waals surface area contributed by atoms with Crippen LogP contribution in [0.2, 0.25) is 0 Å². The van der Waals surface area contributed by atoms with Crippen LogP contribution in [-0.2, 0) is 0 Å². The summed E-state index contributed by atoms with van der Waals surface area (Å²) in [6, 6.07) is 3.26. The van der Waals surface area contributed by atoms with Gasteiger partial charge in [0.25, 0.3) is 0 Å². The average Bonchev–Trinajstić information content (AvgIpc) is 3.19. The second-order valence-electron chi connectivity index (χ2n) is 4.22. The van der Waals surface area contributed by atoms with Crippen molar-refractivity contribution in [2.24, 2.45) is 0 Å². The molecule has 24 heavy (non-hydrogen) atoms. The zero-order chi connectivity index (χ0) is 17.4. The summed E-state index contributed by atoms with van der Waals surface area (Å²) >= 11 is 8.05. The van der Waals surface area contributed by atoms with E-state index < -0.39 is 0 Å². The number of rotatable bonds is 8. The molecule has 9 heteroatoms. The molecule has 1 aromatic heterocycles. The number of nitrogens with zero attached hydrogens (tertiary/aromatic N) is 1. The normalized spacial score (nSPS) is 17.0. The highest BCUT2D eigenvalue weighted by Crippen LogP contribution is 2.56. The zero-order valence-corrected chi connectivity index (χ0v) is 16.8. The van der Waals surface area contributed by atoms with E-state index in [9.17, 15) is 10.1 Å². The van der Waals surface area contributed by atoms with E-state index in [2.05, 4.69) is 12.3 Å². The Morgan fingerprint density at radius 3 is 2.71 bits per heavy atom. The van der Waals surface area contributed by atoms with Gasteiger partial charge in [0.1, 0.15) is 0 Å². The number of aliphatic hydroxyl groups excluding tert-OH is 1. The van der Waals surface area contributed by atoms with E-state index in [0.29, 0.717) is 5.75 Å². The Bertz CT molecular complexity index is 706. The van der Waals surface area contributed by atoms with Crippen LogP contribution in [-0.4, -0.2) is 28.6 Å². The van der Waals surface area contributed by atoms with Crippen molar-refractivity contribution in [3.8, 4) is 0 Å². The van der Waals surface area contributed by atoms with Gasteiger partial charge in [-0.15, -0.1) is 23.5 Å². The van der Waals surface area contributed by atoms with E-state index in [1.54, 1.807) is 53.1 Å². The molecule has 1 aromatic rings. The SMILES string of the molecule is CSC1=C(SCCO)S\C(=C/C=C/C=C/c2ccc([N+](=O)[O-])s2)S1. The monoisotopic (exact) mass is 417 g/mol. The van der Waals surface area contributed by atoms with Gasteiger partial charge in [-0.25, -0.2) is 0 Å². The topological polar surface area (TPSA) is 63.4 Å². The van der Waals surface area contributed by atoms with E-state index >= 15 is 0 Å². The molecule has 1 aliphatic rings. The highest BCUT2D eigenvalue weighted by atomic mass is 32.3. The lowest BCUT2D eigenvalue weighted by atomic mass is 10.4. The molecular weight excluding hydrogens is 403 g/mol. The Morgan fingerprint density at radius 1 is 1.25 bits per heavy atom. The average molecular weight is 418 g/mol. The fourth-order valence-electron chi connectivity index (χ4n) is 1.59. The molecule has 0 bridgehead atoms. The minimum atomic E-state index is -0.375. The van der Waals surface area contributed by atoms with Gasteiger partial charge in [0.2, 0.25) is 0 Å². The zero-order valence-electron chi connectivity index (χ0n) is 12.7. The van der Waals surface area contributed by atoms with E-state index in [-0.39, 0.29) is 16.5 Å². The van der Waals surface area contributed by atoms with Gasteiger partial charge in [0.15, 0.2) is 0 Å². The lowest BCUT2D eigenvalue weighted by Gasteiger charge is -1.99. The van der Waals surface area contributed by atoms with Crippen molar-refractivity contribution in [1.82, 2.24) is 0 Å². The molecule has 0 radical (unpaired) electrons. The standard InChI is InChI=1S/C15H15NO3S5/c1-20-14-15(21-10-9-17)24-13(23-14)6-4-2-3-5-11-7-8-12(22-11)16(18)19/h2-8,17H,9-10H2,1H3/b4-2+,5-3+,13-6-. The highest BCUT2D eigenvalue weighted by molar-refractivity contribution is 8.40. The first-order valence-electron chi connectivity index (χ1n) is 6.81. The van der Waals surface area contributed by atoms with Gasteiger partial charge < -0.3 is 5.11 Å². The smallest absolute Gasteiger partial charge is 0.324 e. The number of hydrogen-bond donors (Lipinski definition) is 1. The van der Waals surface area contributed by atoms with Crippen LogP contribution in [0.25, 0.3) is 6.08 Å². The molecule has 0 saturated heterocycles. The molecule has 2 rings (SSSR count). The summed E-state index contributed by atoms with van der Waals surface area (Å²) in [4.78, 5) is 11.1. The predicted octanol–water partition coefficient (Wildman–Crippen LogP) is 5.76. The molecule has 0 aromatic carbocycles. The summed E-state index contributed by atoms with van der Waals surface area (Å²) in [5, 5.41) is 19.7. The van der Waals surface area contributed by atoms with Crippen LogP contribution in [0.4, 0.5) is 5.00 Å². The minimum absolute atomic E-state index is 0.156. The van der Waals surface area contributed by atoms with Crippen molar-refractivity contribution in [3.63, 3.8) is 0 Å². The van der Waals surface area contributed by atoms with Crippen molar-refractivity contribution in [3.05, 3.63) is 64.1 Å². The molecule has 0 spiro atoms. The second kappa shape index (κ2) is 10.4. The Balaban J connectivity index is 1.88. The fraction of sp³-hybridized carbons (Fsp3) is 0.200. The molecule has 0 unspecified atom stereocenters. The maximum absolute atomic E-state index is 10.6. The molecule has 0 atom stereocenters. The van der Waals surface area contributed by atoms with E-state index in [4.69, 9.17) is 5.11 Å². The first-order chi connectivity index (χ1) is 11.6. The Kier molecular flexibility index (Phi) is 8.57. The van der Waals surface area contributed by atoms with Crippen molar-refractivity contribution < 1.29 is 10.0 Å². The number of thiophene rings is 1. The van der Waals surface area contributed by atoms with Crippen LogP contribution < -0.4 is 0 Å². The van der Waals surface area contributed by atoms with Gasteiger partial charge in [-0.05, 0) is 24.5 Å². The fourth-order valence-corrected chi connectivity index (χ4v) is 7.40. The first-order valence-corrected chi connectivity index (χ1v) is 11.5. The van der Waals surface area contributed by atoms with Crippen LogP contribution in [0.1, 0.15) is 4.88 Å². The summed E-state index contributed by atoms with van der Waals surface area (Å²) in [6.07, 6.45) is 11.7. The van der Waals surface area contributed by atoms with Crippen LogP contribution in [0.5, 0.6) is 0 Å². The predicted molar refractivity (Wildman–Crippen MR) is 112 cm³/mol. The van der Waals surface area contributed by atoms with Gasteiger partial charge in [-0.3, -0.25) is 10.1 Å². The molecule has 0 amide bonds. The molecule has 1 N–H and O–H groups in total. The van der Waals surface area contributed by atoms with Gasteiger partial charge in [0, 0.05) is 16.7 Å². The molecule has 0 saturated carbocycles. The maximum Gasteiger partial charge on any atom is 0.324 e. The number of nitro groups is 1. The third-order valence-electron chi connectivity index (χ3n) is 2.57.